The van der Waals surface area contributed by atoms with Crippen molar-refractivity contribution >= 4 is 16.9 Å². The van der Waals surface area contributed by atoms with Gasteiger partial charge in [-0.15, -0.1) is 5.10 Å². The van der Waals surface area contributed by atoms with Crippen LogP contribution < -0.4 is 0 Å². The number of fused-ring (bicyclic) bond motifs is 1. The van der Waals surface area contributed by atoms with Crippen molar-refractivity contribution in [3.63, 3.8) is 0 Å². The van der Waals surface area contributed by atoms with Crippen molar-refractivity contribution in [2.75, 3.05) is 7.05 Å². The number of imidazole rings is 1. The average Bonchev–Trinajstić information content (AvgIpc) is 3.30. The van der Waals surface area contributed by atoms with E-state index in [2.05, 4.69) is 25.5 Å². The van der Waals surface area contributed by atoms with Gasteiger partial charge in [-0.05, 0) is 59.3 Å². The van der Waals surface area contributed by atoms with E-state index in [1.807, 2.05) is 25.1 Å². The number of rotatable bonds is 4. The van der Waals surface area contributed by atoms with E-state index in [-0.39, 0.29) is 5.91 Å². The van der Waals surface area contributed by atoms with Gasteiger partial charge in [-0.1, -0.05) is 6.07 Å². The Kier molecular flexibility index (Phi) is 3.92. The third kappa shape index (κ3) is 3.04. The summed E-state index contributed by atoms with van der Waals surface area (Å²) in [6.07, 6.45) is 1.51. The summed E-state index contributed by atoms with van der Waals surface area (Å²) in [5.74, 6) is 0.677. The summed E-state index contributed by atoms with van der Waals surface area (Å²) in [7, 11) is 1.76. The molecule has 0 aliphatic heterocycles. The Morgan fingerprint density at radius 3 is 2.73 bits per heavy atom. The molecule has 2 aromatic carbocycles. The molecule has 26 heavy (non-hydrogen) atoms. The average molecular weight is 347 g/mol. The first-order valence-corrected chi connectivity index (χ1v) is 8.14. The smallest absolute Gasteiger partial charge is 0.254 e. The molecule has 0 atom stereocenters. The molecular formula is C18H17N7O. The molecule has 2 aromatic heterocycles. The van der Waals surface area contributed by atoms with Gasteiger partial charge in [-0.2, -0.15) is 0 Å². The standard InChI is InChI=1S/C18H17N7O/c1-12-3-8-15-16(9-12)21-17(20-15)10-24(2)18(26)13-4-6-14(7-5-13)25-11-19-22-23-25/h3-9,11H,10H2,1-2H3,(H,20,21). The van der Waals surface area contributed by atoms with Gasteiger partial charge < -0.3 is 9.88 Å². The van der Waals surface area contributed by atoms with Gasteiger partial charge in [-0.3, -0.25) is 4.79 Å². The summed E-state index contributed by atoms with van der Waals surface area (Å²) in [6.45, 7) is 2.44. The number of aromatic amines is 1. The predicted octanol–water partition coefficient (Wildman–Crippen LogP) is 2.12. The highest BCUT2D eigenvalue weighted by Gasteiger charge is 2.14. The molecule has 4 rings (SSSR count). The molecule has 0 fully saturated rings. The van der Waals surface area contributed by atoms with E-state index in [4.69, 9.17) is 0 Å². The molecule has 8 heteroatoms. The number of tetrazole rings is 1. The SMILES string of the molecule is Cc1ccc2nc(CN(C)C(=O)c3ccc(-n4cnnn4)cc3)[nH]c2c1. The number of aromatic nitrogens is 6. The van der Waals surface area contributed by atoms with E-state index >= 15 is 0 Å². The highest BCUT2D eigenvalue weighted by atomic mass is 16.2. The van der Waals surface area contributed by atoms with Crippen LogP contribution in [0.4, 0.5) is 0 Å². The molecule has 0 spiro atoms. The lowest BCUT2D eigenvalue weighted by Crippen LogP contribution is -2.26. The number of H-pyrrole nitrogens is 1. The Balaban J connectivity index is 1.50. The fourth-order valence-electron chi connectivity index (χ4n) is 2.80. The first-order chi connectivity index (χ1) is 12.6. The lowest BCUT2D eigenvalue weighted by molar-refractivity contribution is 0.0782. The van der Waals surface area contributed by atoms with Gasteiger partial charge in [0, 0.05) is 12.6 Å². The zero-order chi connectivity index (χ0) is 18.1. The Hall–Kier alpha value is -3.55. The number of aryl methyl sites for hydroxylation is 1. The Labute approximate surface area is 149 Å². The zero-order valence-corrected chi connectivity index (χ0v) is 14.4. The highest BCUT2D eigenvalue weighted by Crippen LogP contribution is 2.15. The molecule has 1 amide bonds. The molecule has 0 radical (unpaired) electrons. The number of hydrogen-bond donors (Lipinski definition) is 1. The van der Waals surface area contributed by atoms with E-state index in [9.17, 15) is 4.79 Å². The number of carbonyl (C=O) groups excluding carboxylic acids is 1. The van der Waals surface area contributed by atoms with Crippen LogP contribution in [0.2, 0.25) is 0 Å². The number of amides is 1. The predicted molar refractivity (Wildman–Crippen MR) is 95.8 cm³/mol. The number of nitrogens with zero attached hydrogens (tertiary/aromatic N) is 6. The maximum atomic E-state index is 12.7. The summed E-state index contributed by atoms with van der Waals surface area (Å²) in [4.78, 5) is 22.1. The van der Waals surface area contributed by atoms with E-state index in [1.54, 1.807) is 36.2 Å². The monoisotopic (exact) mass is 347 g/mol. The lowest BCUT2D eigenvalue weighted by atomic mass is 10.2. The van der Waals surface area contributed by atoms with Crippen LogP contribution in [0.3, 0.4) is 0 Å². The second-order valence-electron chi connectivity index (χ2n) is 6.17. The largest absolute Gasteiger partial charge is 0.340 e. The molecule has 1 N–H and O–H groups in total. The molecule has 0 aliphatic rings. The molecule has 0 aliphatic carbocycles. The van der Waals surface area contributed by atoms with E-state index in [1.165, 1.54) is 16.6 Å². The van der Waals surface area contributed by atoms with E-state index in [0.29, 0.717) is 12.1 Å². The van der Waals surface area contributed by atoms with Crippen molar-refractivity contribution in [3.8, 4) is 5.69 Å². The van der Waals surface area contributed by atoms with Crippen LogP contribution in [0, 0.1) is 6.92 Å². The van der Waals surface area contributed by atoms with Crippen molar-refractivity contribution in [2.24, 2.45) is 0 Å². The van der Waals surface area contributed by atoms with Crippen LogP contribution in [0.25, 0.3) is 16.7 Å². The minimum atomic E-state index is -0.0788. The van der Waals surface area contributed by atoms with E-state index in [0.717, 1.165) is 22.5 Å². The third-order valence-electron chi connectivity index (χ3n) is 4.15. The van der Waals surface area contributed by atoms with Gasteiger partial charge in [0.05, 0.1) is 23.3 Å². The van der Waals surface area contributed by atoms with Gasteiger partial charge in [0.1, 0.15) is 12.2 Å². The molecule has 4 aromatic rings. The van der Waals surface area contributed by atoms with Crippen LogP contribution in [-0.2, 0) is 6.54 Å². The fraction of sp³-hybridized carbons (Fsp3) is 0.167. The van der Waals surface area contributed by atoms with E-state index < -0.39 is 0 Å². The molecule has 130 valence electrons. The summed E-state index contributed by atoms with van der Waals surface area (Å²) < 4.78 is 1.54. The molecular weight excluding hydrogens is 330 g/mol. The lowest BCUT2D eigenvalue weighted by Gasteiger charge is -2.16. The molecule has 0 unspecified atom stereocenters. The van der Waals surface area contributed by atoms with Crippen molar-refractivity contribution in [3.05, 3.63) is 65.7 Å². The number of carbonyl (C=O) groups is 1. The van der Waals surface area contributed by atoms with Gasteiger partial charge in [-0.25, -0.2) is 9.67 Å². The van der Waals surface area contributed by atoms with Gasteiger partial charge in [0.25, 0.3) is 5.91 Å². The normalized spacial score (nSPS) is 11.0. The molecule has 8 nitrogen and oxygen atoms in total. The van der Waals surface area contributed by atoms with Gasteiger partial charge in [0.15, 0.2) is 0 Å². The first kappa shape index (κ1) is 15.9. The molecule has 0 saturated carbocycles. The van der Waals surface area contributed by atoms with Crippen LogP contribution >= 0.6 is 0 Å². The topological polar surface area (TPSA) is 92.6 Å². The number of nitrogens with one attached hydrogen (secondary N) is 1. The summed E-state index contributed by atoms with van der Waals surface area (Å²) >= 11 is 0. The minimum Gasteiger partial charge on any atom is -0.340 e. The van der Waals surface area contributed by atoms with Crippen molar-refractivity contribution in [2.45, 2.75) is 13.5 Å². The summed E-state index contributed by atoms with van der Waals surface area (Å²) in [5.41, 5.74) is 4.43. The zero-order valence-electron chi connectivity index (χ0n) is 14.4. The Morgan fingerprint density at radius 2 is 2.00 bits per heavy atom. The van der Waals surface area contributed by atoms with Crippen LogP contribution in [-0.4, -0.2) is 48.0 Å². The van der Waals surface area contributed by atoms with Gasteiger partial charge in [0.2, 0.25) is 0 Å². The highest BCUT2D eigenvalue weighted by molar-refractivity contribution is 5.94. The number of hydrogen-bond acceptors (Lipinski definition) is 5. The molecule has 0 saturated heterocycles. The third-order valence-corrected chi connectivity index (χ3v) is 4.15. The molecule has 2 heterocycles. The summed E-state index contributed by atoms with van der Waals surface area (Å²) in [6, 6.07) is 13.2. The van der Waals surface area contributed by atoms with Crippen molar-refractivity contribution in [1.29, 1.82) is 0 Å². The Morgan fingerprint density at radius 1 is 1.19 bits per heavy atom. The Bertz CT molecular complexity index is 1050. The second-order valence-corrected chi connectivity index (χ2v) is 6.17. The van der Waals surface area contributed by atoms with Crippen molar-refractivity contribution < 1.29 is 4.79 Å². The minimum absolute atomic E-state index is 0.0788. The molecule has 0 bridgehead atoms. The van der Waals surface area contributed by atoms with Crippen LogP contribution in [0.15, 0.2) is 48.8 Å². The maximum absolute atomic E-state index is 12.7. The summed E-state index contributed by atoms with van der Waals surface area (Å²) in [5, 5.41) is 11.0. The van der Waals surface area contributed by atoms with Gasteiger partial charge >= 0.3 is 0 Å². The second kappa shape index (κ2) is 6.40. The fourth-order valence-corrected chi connectivity index (χ4v) is 2.80. The van der Waals surface area contributed by atoms with Crippen molar-refractivity contribution in [1.82, 2.24) is 35.1 Å². The van der Waals surface area contributed by atoms with Crippen LogP contribution in [0.5, 0.6) is 0 Å². The first-order valence-electron chi connectivity index (χ1n) is 8.14. The maximum Gasteiger partial charge on any atom is 0.254 e. The van der Waals surface area contributed by atoms with Crippen LogP contribution in [0.1, 0.15) is 21.7 Å². The number of benzene rings is 2. The quantitative estimate of drug-likeness (QED) is 0.610.